The lowest BCUT2D eigenvalue weighted by Gasteiger charge is -2.09. The molecule has 0 saturated heterocycles. The van der Waals surface area contributed by atoms with Crippen LogP contribution in [-0.4, -0.2) is 16.6 Å². The Balaban J connectivity index is 2.01. The highest BCUT2D eigenvalue weighted by atomic mass is 16.5. The van der Waals surface area contributed by atoms with Gasteiger partial charge >= 0.3 is 0 Å². The van der Waals surface area contributed by atoms with Crippen molar-refractivity contribution in [2.75, 3.05) is 6.61 Å². The molecule has 1 aromatic heterocycles. The zero-order valence-corrected chi connectivity index (χ0v) is 9.71. The molecule has 2 aromatic rings. The molecule has 0 spiro atoms. The number of rotatable bonds is 2. The molecule has 1 unspecified atom stereocenters. The molecule has 18 heavy (non-hydrogen) atoms. The molecule has 3 rings (SSSR count). The lowest BCUT2D eigenvalue weighted by atomic mass is 9.95. The molecule has 0 bridgehead atoms. The molecule has 1 aromatic carbocycles. The molecule has 2 heterocycles. The third kappa shape index (κ3) is 1.80. The predicted molar refractivity (Wildman–Crippen MR) is 65.1 cm³/mol. The van der Waals surface area contributed by atoms with Crippen molar-refractivity contribution in [1.29, 1.82) is 5.26 Å². The van der Waals surface area contributed by atoms with Gasteiger partial charge in [0.15, 0.2) is 0 Å². The van der Waals surface area contributed by atoms with Gasteiger partial charge in [-0.2, -0.15) is 5.26 Å². The predicted octanol–water partition coefficient (Wildman–Crippen LogP) is 2.07. The Kier molecular flexibility index (Phi) is 2.66. The molecule has 4 heteroatoms. The molecule has 0 radical (unpaired) electrons. The average molecular weight is 237 g/mol. The lowest BCUT2D eigenvalue weighted by Crippen LogP contribution is -2.01. The minimum Gasteiger partial charge on any atom is -0.493 e. The van der Waals surface area contributed by atoms with E-state index in [1.807, 2.05) is 18.2 Å². The Bertz CT molecular complexity index is 604. The molecule has 0 amide bonds. The van der Waals surface area contributed by atoms with Crippen LogP contribution in [0.1, 0.15) is 22.7 Å². The molecule has 0 saturated carbocycles. The molecule has 88 valence electrons. The van der Waals surface area contributed by atoms with Gasteiger partial charge in [0.2, 0.25) is 0 Å². The van der Waals surface area contributed by atoms with Gasteiger partial charge in [-0.15, -0.1) is 0 Å². The fourth-order valence-electron chi connectivity index (χ4n) is 2.17. The third-order valence-electron chi connectivity index (χ3n) is 3.08. The molecule has 0 fully saturated rings. The first-order valence-corrected chi connectivity index (χ1v) is 5.79. The Morgan fingerprint density at radius 1 is 1.33 bits per heavy atom. The summed E-state index contributed by atoms with van der Waals surface area (Å²) in [7, 11) is 0. The van der Waals surface area contributed by atoms with Crippen molar-refractivity contribution in [2.24, 2.45) is 0 Å². The molecule has 4 nitrogen and oxygen atoms in total. The van der Waals surface area contributed by atoms with Crippen molar-refractivity contribution in [2.45, 2.75) is 12.3 Å². The van der Waals surface area contributed by atoms with Gasteiger partial charge in [0, 0.05) is 12.6 Å². The van der Waals surface area contributed by atoms with Crippen molar-refractivity contribution in [3.05, 3.63) is 53.6 Å². The van der Waals surface area contributed by atoms with E-state index < -0.39 is 0 Å². The second-order valence-electron chi connectivity index (χ2n) is 4.16. The van der Waals surface area contributed by atoms with Gasteiger partial charge in [-0.3, -0.25) is 0 Å². The van der Waals surface area contributed by atoms with E-state index in [1.54, 1.807) is 12.3 Å². The monoisotopic (exact) mass is 237 g/mol. The summed E-state index contributed by atoms with van der Waals surface area (Å²) >= 11 is 0. The SMILES string of the molecule is N#CC(c1ccc2c(c1)CCO2)c1ccncn1. The summed E-state index contributed by atoms with van der Waals surface area (Å²) in [6.45, 7) is 0.726. The Morgan fingerprint density at radius 2 is 2.28 bits per heavy atom. The smallest absolute Gasteiger partial charge is 0.122 e. The molecular weight excluding hydrogens is 226 g/mol. The normalized spacial score (nSPS) is 14.4. The van der Waals surface area contributed by atoms with Crippen LogP contribution in [0.4, 0.5) is 0 Å². The van der Waals surface area contributed by atoms with Crippen LogP contribution in [0.5, 0.6) is 5.75 Å². The summed E-state index contributed by atoms with van der Waals surface area (Å²) in [4.78, 5) is 8.03. The molecule has 0 N–H and O–H groups in total. The summed E-state index contributed by atoms with van der Waals surface area (Å²) in [5.74, 6) is 0.581. The van der Waals surface area contributed by atoms with Crippen molar-refractivity contribution in [3.63, 3.8) is 0 Å². The van der Waals surface area contributed by atoms with E-state index in [0.717, 1.165) is 30.0 Å². The summed E-state index contributed by atoms with van der Waals surface area (Å²) in [5, 5.41) is 9.34. The highest BCUT2D eigenvalue weighted by Gasteiger charge is 2.18. The summed E-state index contributed by atoms with van der Waals surface area (Å²) < 4.78 is 5.46. The van der Waals surface area contributed by atoms with Gasteiger partial charge in [-0.05, 0) is 23.3 Å². The Labute approximate surface area is 105 Å². The minimum absolute atomic E-state index is 0.348. The number of hydrogen-bond donors (Lipinski definition) is 0. The number of aromatic nitrogens is 2. The molecule has 1 atom stereocenters. The van der Waals surface area contributed by atoms with E-state index in [2.05, 4.69) is 16.0 Å². The van der Waals surface area contributed by atoms with Crippen LogP contribution in [-0.2, 0) is 6.42 Å². The zero-order chi connectivity index (χ0) is 12.4. The largest absolute Gasteiger partial charge is 0.493 e. The van der Waals surface area contributed by atoms with E-state index >= 15 is 0 Å². The van der Waals surface area contributed by atoms with E-state index in [0.29, 0.717) is 0 Å². The maximum atomic E-state index is 9.34. The second-order valence-corrected chi connectivity index (χ2v) is 4.16. The Hall–Kier alpha value is -2.41. The van der Waals surface area contributed by atoms with Crippen molar-refractivity contribution < 1.29 is 4.74 Å². The first-order valence-electron chi connectivity index (χ1n) is 5.79. The average Bonchev–Trinajstić information content (AvgIpc) is 2.88. The summed E-state index contributed by atoms with van der Waals surface area (Å²) in [5.41, 5.74) is 2.86. The van der Waals surface area contributed by atoms with Crippen LogP contribution in [0.2, 0.25) is 0 Å². The highest BCUT2D eigenvalue weighted by molar-refractivity contribution is 5.44. The van der Waals surface area contributed by atoms with Crippen molar-refractivity contribution in [1.82, 2.24) is 9.97 Å². The minimum atomic E-state index is -0.348. The number of nitriles is 1. The van der Waals surface area contributed by atoms with E-state index in [9.17, 15) is 5.26 Å². The van der Waals surface area contributed by atoms with Gasteiger partial charge in [0.25, 0.3) is 0 Å². The number of benzene rings is 1. The fraction of sp³-hybridized carbons (Fsp3) is 0.214. The number of ether oxygens (including phenoxy) is 1. The van der Waals surface area contributed by atoms with Gasteiger partial charge in [0.05, 0.1) is 18.4 Å². The second kappa shape index (κ2) is 4.46. The van der Waals surface area contributed by atoms with E-state index in [1.165, 1.54) is 11.9 Å². The number of nitrogens with zero attached hydrogens (tertiary/aromatic N) is 3. The molecular formula is C14H11N3O. The molecule has 1 aliphatic heterocycles. The van der Waals surface area contributed by atoms with Crippen LogP contribution in [0.3, 0.4) is 0 Å². The van der Waals surface area contributed by atoms with Crippen LogP contribution < -0.4 is 4.74 Å². The Morgan fingerprint density at radius 3 is 3.06 bits per heavy atom. The lowest BCUT2D eigenvalue weighted by molar-refractivity contribution is 0.357. The first-order chi connectivity index (χ1) is 8.88. The van der Waals surface area contributed by atoms with Crippen molar-refractivity contribution in [3.8, 4) is 11.8 Å². The quantitative estimate of drug-likeness (QED) is 0.802. The summed E-state index contributed by atoms with van der Waals surface area (Å²) in [6.07, 6.45) is 4.03. The highest BCUT2D eigenvalue weighted by Crippen LogP contribution is 2.30. The van der Waals surface area contributed by atoms with Crippen LogP contribution >= 0.6 is 0 Å². The van der Waals surface area contributed by atoms with Gasteiger partial charge in [-0.1, -0.05) is 12.1 Å². The molecule has 0 aliphatic carbocycles. The molecule has 1 aliphatic rings. The zero-order valence-electron chi connectivity index (χ0n) is 9.71. The van der Waals surface area contributed by atoms with E-state index in [4.69, 9.17) is 4.74 Å². The van der Waals surface area contributed by atoms with Gasteiger partial charge in [-0.25, -0.2) is 9.97 Å². The van der Waals surface area contributed by atoms with Crippen molar-refractivity contribution >= 4 is 0 Å². The van der Waals surface area contributed by atoms with Gasteiger partial charge in [0.1, 0.15) is 18.0 Å². The topological polar surface area (TPSA) is 58.8 Å². The van der Waals surface area contributed by atoms with Crippen LogP contribution in [0.15, 0.2) is 36.8 Å². The van der Waals surface area contributed by atoms with E-state index in [-0.39, 0.29) is 5.92 Å². The standard InChI is InChI=1S/C14H11N3O/c15-8-12(13-3-5-16-9-17-13)10-1-2-14-11(7-10)4-6-18-14/h1-3,5,7,9,12H,4,6H2. The van der Waals surface area contributed by atoms with Crippen LogP contribution in [0.25, 0.3) is 0 Å². The third-order valence-corrected chi connectivity index (χ3v) is 3.08. The number of fused-ring (bicyclic) bond motifs is 1. The summed E-state index contributed by atoms with van der Waals surface area (Å²) in [6, 6.07) is 9.97. The fourth-order valence-corrected chi connectivity index (χ4v) is 2.17. The maximum absolute atomic E-state index is 9.34. The van der Waals surface area contributed by atoms with Gasteiger partial charge < -0.3 is 4.74 Å². The number of hydrogen-bond acceptors (Lipinski definition) is 4. The van der Waals surface area contributed by atoms with Crippen LogP contribution in [0, 0.1) is 11.3 Å². The first kappa shape index (κ1) is 10.7. The maximum Gasteiger partial charge on any atom is 0.122 e.